The van der Waals surface area contributed by atoms with Crippen LogP contribution < -0.4 is 15.6 Å². The fourth-order valence-corrected chi connectivity index (χ4v) is 2.88. The maximum atomic E-state index is 12.5. The molecule has 0 saturated heterocycles. The normalized spacial score (nSPS) is 11.4. The second-order valence-electron chi connectivity index (χ2n) is 5.77. The second kappa shape index (κ2) is 8.01. The fraction of sp³-hybridized carbons (Fsp3) is 0.167. The van der Waals surface area contributed by atoms with Gasteiger partial charge in [0.15, 0.2) is 0 Å². The number of nitrogens with zero attached hydrogens (tertiary/aromatic N) is 2. The lowest BCUT2D eigenvalue weighted by molar-refractivity contribution is -0.274. The van der Waals surface area contributed by atoms with Crippen LogP contribution in [-0.4, -0.2) is 21.8 Å². The smallest absolute Gasteiger partial charge is 0.405 e. The molecule has 1 heterocycles. The summed E-state index contributed by atoms with van der Waals surface area (Å²) in [5.41, 5.74) is 0.242. The molecule has 3 rings (SSSR count). The molecular formula is C18H13BrF3N3O3. The Morgan fingerprint density at radius 1 is 1.21 bits per heavy atom. The Kier molecular flexibility index (Phi) is 5.68. The quantitative estimate of drug-likeness (QED) is 0.639. The van der Waals surface area contributed by atoms with Crippen LogP contribution in [0.25, 0.3) is 10.9 Å². The molecule has 28 heavy (non-hydrogen) atoms. The van der Waals surface area contributed by atoms with Crippen molar-refractivity contribution in [1.29, 1.82) is 0 Å². The van der Waals surface area contributed by atoms with Gasteiger partial charge in [0.1, 0.15) is 12.3 Å². The van der Waals surface area contributed by atoms with Crippen molar-refractivity contribution in [2.24, 2.45) is 0 Å². The summed E-state index contributed by atoms with van der Waals surface area (Å²) in [6.45, 7) is -0.511. The molecule has 0 bridgehead atoms. The maximum Gasteiger partial charge on any atom is 0.573 e. The van der Waals surface area contributed by atoms with E-state index in [0.717, 1.165) is 10.6 Å². The largest absolute Gasteiger partial charge is 0.573 e. The van der Waals surface area contributed by atoms with Crippen LogP contribution in [-0.2, 0) is 17.9 Å². The highest BCUT2D eigenvalue weighted by molar-refractivity contribution is 9.10. The zero-order valence-corrected chi connectivity index (χ0v) is 15.8. The molecule has 0 radical (unpaired) electrons. The Labute approximate surface area is 165 Å². The van der Waals surface area contributed by atoms with Gasteiger partial charge in [0.25, 0.3) is 5.56 Å². The molecule has 10 heteroatoms. The number of carbonyl (C=O) groups excluding carboxylic acids is 1. The van der Waals surface area contributed by atoms with Gasteiger partial charge >= 0.3 is 6.36 Å². The lowest BCUT2D eigenvalue weighted by atomic mass is 10.2. The first-order chi connectivity index (χ1) is 13.2. The van der Waals surface area contributed by atoms with Crippen LogP contribution in [0.4, 0.5) is 13.2 Å². The SMILES string of the molecule is O=C(Cn1cnc2ccc(Br)cc2c1=O)NCc1ccccc1OC(F)(F)F. The number of halogens is 4. The van der Waals surface area contributed by atoms with Gasteiger partial charge in [-0.3, -0.25) is 14.2 Å². The van der Waals surface area contributed by atoms with E-state index >= 15 is 0 Å². The van der Waals surface area contributed by atoms with Crippen LogP contribution in [0.2, 0.25) is 0 Å². The minimum Gasteiger partial charge on any atom is -0.405 e. The van der Waals surface area contributed by atoms with Crippen LogP contribution in [0.5, 0.6) is 5.75 Å². The van der Waals surface area contributed by atoms with Crippen LogP contribution in [0.3, 0.4) is 0 Å². The van der Waals surface area contributed by atoms with Crippen molar-refractivity contribution in [1.82, 2.24) is 14.9 Å². The number of hydrogen-bond donors (Lipinski definition) is 1. The molecular weight excluding hydrogens is 443 g/mol. The van der Waals surface area contributed by atoms with E-state index < -0.39 is 23.6 Å². The van der Waals surface area contributed by atoms with E-state index in [2.05, 4.69) is 31.0 Å². The maximum absolute atomic E-state index is 12.5. The molecule has 3 aromatic rings. The van der Waals surface area contributed by atoms with Crippen molar-refractivity contribution >= 4 is 32.7 Å². The zero-order valence-electron chi connectivity index (χ0n) is 14.2. The van der Waals surface area contributed by atoms with Gasteiger partial charge in [-0.25, -0.2) is 4.98 Å². The average molecular weight is 456 g/mol. The summed E-state index contributed by atoms with van der Waals surface area (Å²) < 4.78 is 43.1. The molecule has 0 saturated carbocycles. The Balaban J connectivity index is 1.71. The van der Waals surface area contributed by atoms with E-state index in [9.17, 15) is 22.8 Å². The Bertz CT molecular complexity index is 1080. The highest BCUT2D eigenvalue weighted by Crippen LogP contribution is 2.26. The van der Waals surface area contributed by atoms with E-state index in [1.165, 1.54) is 24.5 Å². The lowest BCUT2D eigenvalue weighted by Gasteiger charge is -2.14. The summed E-state index contributed by atoms with van der Waals surface area (Å²) in [6.07, 6.45) is -3.59. The standard InChI is InChI=1S/C18H13BrF3N3O3/c19-12-5-6-14-13(7-12)17(27)25(10-24-14)9-16(26)23-8-11-3-1-2-4-15(11)28-18(20,21)22/h1-7,10H,8-9H2,(H,23,26). The van der Waals surface area contributed by atoms with Crippen LogP contribution >= 0.6 is 15.9 Å². The van der Waals surface area contributed by atoms with E-state index in [4.69, 9.17) is 0 Å². The molecule has 146 valence electrons. The topological polar surface area (TPSA) is 73.2 Å². The fourth-order valence-electron chi connectivity index (χ4n) is 2.52. The molecule has 1 aromatic heterocycles. The molecule has 0 aliphatic heterocycles. The highest BCUT2D eigenvalue weighted by atomic mass is 79.9. The summed E-state index contributed by atoms with van der Waals surface area (Å²) in [7, 11) is 0. The first kappa shape index (κ1) is 19.9. The van der Waals surface area contributed by atoms with Gasteiger partial charge in [0.2, 0.25) is 5.91 Å². The van der Waals surface area contributed by atoms with Crippen LogP contribution in [0.1, 0.15) is 5.56 Å². The van der Waals surface area contributed by atoms with E-state index in [1.807, 2.05) is 0 Å². The molecule has 0 aliphatic carbocycles. The minimum atomic E-state index is -4.83. The molecule has 0 aliphatic rings. The summed E-state index contributed by atoms with van der Waals surface area (Å²) in [6, 6.07) is 10.5. The average Bonchev–Trinajstić information content (AvgIpc) is 2.62. The summed E-state index contributed by atoms with van der Waals surface area (Å²) >= 11 is 3.27. The molecule has 1 amide bonds. The monoisotopic (exact) mass is 455 g/mol. The number of amides is 1. The number of hydrogen-bond acceptors (Lipinski definition) is 4. The molecule has 0 spiro atoms. The number of rotatable bonds is 5. The van der Waals surface area contributed by atoms with Crippen LogP contribution in [0, 0.1) is 0 Å². The van der Waals surface area contributed by atoms with E-state index in [0.29, 0.717) is 15.4 Å². The zero-order chi connectivity index (χ0) is 20.3. The Hall–Kier alpha value is -2.88. The van der Waals surface area contributed by atoms with Gasteiger partial charge in [0, 0.05) is 16.6 Å². The number of alkyl halides is 3. The third-order valence-electron chi connectivity index (χ3n) is 3.77. The van der Waals surface area contributed by atoms with Gasteiger partial charge in [-0.1, -0.05) is 34.1 Å². The third kappa shape index (κ3) is 4.89. The minimum absolute atomic E-state index is 0.154. The van der Waals surface area contributed by atoms with Crippen molar-refractivity contribution in [3.8, 4) is 5.75 Å². The predicted molar refractivity (Wildman–Crippen MR) is 98.7 cm³/mol. The number of ether oxygens (including phenoxy) is 1. The molecule has 2 aromatic carbocycles. The number of carbonyl (C=O) groups is 1. The number of nitrogens with one attached hydrogen (secondary N) is 1. The number of para-hydroxylation sites is 1. The number of benzene rings is 2. The van der Waals surface area contributed by atoms with Gasteiger partial charge in [-0.2, -0.15) is 0 Å². The van der Waals surface area contributed by atoms with Gasteiger partial charge in [-0.05, 0) is 24.3 Å². The van der Waals surface area contributed by atoms with Crippen molar-refractivity contribution in [2.45, 2.75) is 19.5 Å². The predicted octanol–water partition coefficient (Wildman–Crippen LogP) is 3.37. The van der Waals surface area contributed by atoms with Gasteiger partial charge in [0.05, 0.1) is 17.2 Å². The Morgan fingerprint density at radius 2 is 1.96 bits per heavy atom. The number of fused-ring (bicyclic) bond motifs is 1. The van der Waals surface area contributed by atoms with Gasteiger partial charge in [-0.15, -0.1) is 13.2 Å². The molecule has 0 atom stereocenters. The summed E-state index contributed by atoms with van der Waals surface area (Å²) in [5, 5.41) is 2.82. The van der Waals surface area contributed by atoms with Crippen molar-refractivity contribution in [2.75, 3.05) is 0 Å². The van der Waals surface area contributed by atoms with E-state index in [-0.39, 0.29) is 18.7 Å². The van der Waals surface area contributed by atoms with Crippen molar-refractivity contribution in [3.63, 3.8) is 0 Å². The van der Waals surface area contributed by atoms with Crippen molar-refractivity contribution in [3.05, 3.63) is 69.2 Å². The Morgan fingerprint density at radius 3 is 2.71 bits per heavy atom. The van der Waals surface area contributed by atoms with E-state index in [1.54, 1.807) is 18.2 Å². The summed E-state index contributed by atoms with van der Waals surface area (Å²) in [4.78, 5) is 28.8. The third-order valence-corrected chi connectivity index (χ3v) is 4.27. The highest BCUT2D eigenvalue weighted by Gasteiger charge is 2.31. The first-order valence-electron chi connectivity index (χ1n) is 7.98. The number of aromatic nitrogens is 2. The molecule has 0 unspecified atom stereocenters. The second-order valence-corrected chi connectivity index (χ2v) is 6.69. The summed E-state index contributed by atoms with van der Waals surface area (Å²) in [5.74, 6) is -0.954. The molecule has 6 nitrogen and oxygen atoms in total. The first-order valence-corrected chi connectivity index (χ1v) is 8.77. The lowest BCUT2D eigenvalue weighted by Crippen LogP contribution is -2.32. The van der Waals surface area contributed by atoms with Gasteiger partial charge < -0.3 is 10.1 Å². The van der Waals surface area contributed by atoms with Crippen molar-refractivity contribution < 1.29 is 22.7 Å². The molecule has 0 fully saturated rings. The molecule has 1 N–H and O–H groups in total. The van der Waals surface area contributed by atoms with Crippen LogP contribution in [0.15, 0.2) is 58.1 Å².